The number of hydrogen-bond donors (Lipinski definition) is 1. The lowest BCUT2D eigenvalue weighted by Crippen LogP contribution is -2.30. The molecule has 0 radical (unpaired) electrons. The van der Waals surface area contributed by atoms with E-state index in [2.05, 4.69) is 59.9 Å². The number of hydrogen-bond acceptors (Lipinski definition) is 5. The molecule has 4 aromatic rings. The number of nitrogens with one attached hydrogen (secondary N) is 1. The van der Waals surface area contributed by atoms with E-state index < -0.39 is 0 Å². The van der Waals surface area contributed by atoms with Crippen molar-refractivity contribution in [2.24, 2.45) is 5.92 Å². The minimum absolute atomic E-state index is 0.924. The second-order valence-electron chi connectivity index (χ2n) is 9.99. The van der Waals surface area contributed by atoms with Gasteiger partial charge in [0.25, 0.3) is 0 Å². The number of piperidine rings is 1. The molecule has 6 heteroatoms. The molecule has 1 fully saturated rings. The van der Waals surface area contributed by atoms with E-state index in [1.807, 2.05) is 0 Å². The van der Waals surface area contributed by atoms with Crippen LogP contribution in [0.25, 0.3) is 32.6 Å². The van der Waals surface area contributed by atoms with Crippen LogP contribution in [-0.2, 0) is 6.42 Å². The topological polar surface area (TPSA) is 48.1 Å². The SMILES string of the molecule is Cc1nc2c(ccc3[nH]c(-c4ccc5c(c4C)CCN5CCCC4CCN(C)CC4)nc32)s1. The number of fused-ring (bicyclic) bond motifs is 4. The Labute approximate surface area is 199 Å². The smallest absolute Gasteiger partial charge is 0.138 e. The first kappa shape index (κ1) is 21.1. The van der Waals surface area contributed by atoms with Crippen LogP contribution < -0.4 is 4.90 Å². The minimum atomic E-state index is 0.924. The number of rotatable bonds is 5. The summed E-state index contributed by atoms with van der Waals surface area (Å²) in [6.07, 6.45) is 6.57. The van der Waals surface area contributed by atoms with E-state index in [4.69, 9.17) is 9.97 Å². The number of nitrogens with zero attached hydrogens (tertiary/aromatic N) is 4. The molecule has 33 heavy (non-hydrogen) atoms. The van der Waals surface area contributed by atoms with Crippen molar-refractivity contribution in [3.63, 3.8) is 0 Å². The van der Waals surface area contributed by atoms with Crippen LogP contribution >= 0.6 is 11.3 Å². The van der Waals surface area contributed by atoms with Crippen molar-refractivity contribution in [1.82, 2.24) is 19.9 Å². The molecular weight excluding hydrogens is 426 g/mol. The molecule has 0 aliphatic carbocycles. The fraction of sp³-hybridized carbons (Fsp3) is 0.481. The lowest BCUT2D eigenvalue weighted by Gasteiger charge is -2.29. The Balaban J connectivity index is 1.21. The van der Waals surface area contributed by atoms with Crippen LogP contribution in [0.15, 0.2) is 24.3 Å². The Bertz CT molecular complexity index is 1310. The molecule has 172 valence electrons. The van der Waals surface area contributed by atoms with E-state index in [9.17, 15) is 0 Å². The molecule has 5 nitrogen and oxygen atoms in total. The van der Waals surface area contributed by atoms with Gasteiger partial charge < -0.3 is 14.8 Å². The lowest BCUT2D eigenvalue weighted by molar-refractivity contribution is 0.211. The van der Waals surface area contributed by atoms with Crippen LogP contribution in [0.5, 0.6) is 0 Å². The summed E-state index contributed by atoms with van der Waals surface area (Å²) in [4.78, 5) is 18.4. The molecule has 1 N–H and O–H groups in total. The highest BCUT2D eigenvalue weighted by molar-refractivity contribution is 7.18. The van der Waals surface area contributed by atoms with E-state index in [0.29, 0.717) is 0 Å². The standard InChI is InChI=1S/C27H33N5S/c1-17-20-12-16-32(13-4-5-19-10-14-31(3)15-11-19)23(20)8-6-21(17)27-29-22-7-9-24-26(25(22)30-27)28-18(2)33-24/h6-9,19H,4-5,10-16H2,1-3H3,(H,29,30). The number of anilines is 1. The normalized spacial score (nSPS) is 17.5. The molecule has 6 rings (SSSR count). The van der Waals surface area contributed by atoms with Crippen molar-refractivity contribution in [3.8, 4) is 11.4 Å². The molecule has 0 unspecified atom stereocenters. The predicted molar refractivity (Wildman–Crippen MR) is 140 cm³/mol. The number of imidazole rings is 1. The van der Waals surface area contributed by atoms with Crippen molar-refractivity contribution in [1.29, 1.82) is 0 Å². The van der Waals surface area contributed by atoms with Crippen molar-refractivity contribution in [2.45, 2.75) is 46.0 Å². The number of aromatic amines is 1. The summed E-state index contributed by atoms with van der Waals surface area (Å²) in [7, 11) is 2.25. The summed E-state index contributed by atoms with van der Waals surface area (Å²) in [5.74, 6) is 1.89. The molecule has 1 saturated heterocycles. The first-order valence-electron chi connectivity index (χ1n) is 12.4. The number of aromatic nitrogens is 3. The summed E-state index contributed by atoms with van der Waals surface area (Å²) in [5, 5.41) is 1.09. The molecule has 2 aromatic heterocycles. The molecular formula is C27H33N5S. The van der Waals surface area contributed by atoms with Gasteiger partial charge in [-0.1, -0.05) is 0 Å². The lowest BCUT2D eigenvalue weighted by atomic mass is 9.92. The van der Waals surface area contributed by atoms with Crippen molar-refractivity contribution in [3.05, 3.63) is 40.4 Å². The van der Waals surface area contributed by atoms with Crippen LogP contribution in [0, 0.1) is 19.8 Å². The van der Waals surface area contributed by atoms with Gasteiger partial charge in [-0.05, 0) is 107 Å². The Morgan fingerprint density at radius 1 is 1.03 bits per heavy atom. The molecule has 2 aromatic carbocycles. The maximum Gasteiger partial charge on any atom is 0.138 e. The largest absolute Gasteiger partial charge is 0.371 e. The molecule has 0 atom stereocenters. The predicted octanol–water partition coefficient (Wildman–Crippen LogP) is 5.94. The Morgan fingerprint density at radius 2 is 1.88 bits per heavy atom. The zero-order chi connectivity index (χ0) is 22.5. The quantitative estimate of drug-likeness (QED) is 0.401. The first-order valence-corrected chi connectivity index (χ1v) is 13.2. The van der Waals surface area contributed by atoms with Gasteiger partial charge >= 0.3 is 0 Å². The van der Waals surface area contributed by atoms with Gasteiger partial charge in [-0.25, -0.2) is 9.97 Å². The van der Waals surface area contributed by atoms with Crippen LogP contribution in [0.2, 0.25) is 0 Å². The van der Waals surface area contributed by atoms with Crippen molar-refractivity contribution >= 4 is 38.3 Å². The fourth-order valence-corrected chi connectivity index (χ4v) is 6.66. The van der Waals surface area contributed by atoms with Crippen LogP contribution in [0.1, 0.15) is 41.8 Å². The summed E-state index contributed by atoms with van der Waals surface area (Å²) in [6.45, 7) is 9.21. The Kier molecular flexibility index (Phi) is 5.38. The van der Waals surface area contributed by atoms with Crippen LogP contribution in [-0.4, -0.2) is 53.1 Å². The summed E-state index contributed by atoms with van der Waals surface area (Å²) >= 11 is 1.73. The van der Waals surface area contributed by atoms with Gasteiger partial charge in [0.2, 0.25) is 0 Å². The van der Waals surface area contributed by atoms with E-state index in [-0.39, 0.29) is 0 Å². The van der Waals surface area contributed by atoms with Gasteiger partial charge in [0.1, 0.15) is 16.9 Å². The third-order valence-corrected chi connectivity index (χ3v) is 8.73. The fourth-order valence-electron chi connectivity index (χ4n) is 5.83. The van der Waals surface area contributed by atoms with Crippen LogP contribution in [0.4, 0.5) is 5.69 Å². The molecule has 4 heterocycles. The summed E-state index contributed by atoms with van der Waals surface area (Å²) in [5.41, 5.74) is 8.61. The highest BCUT2D eigenvalue weighted by Gasteiger charge is 2.24. The maximum atomic E-state index is 5.01. The third kappa shape index (κ3) is 3.83. The van der Waals surface area contributed by atoms with E-state index in [1.165, 1.54) is 72.4 Å². The number of benzene rings is 2. The van der Waals surface area contributed by atoms with Crippen LogP contribution in [0.3, 0.4) is 0 Å². The summed E-state index contributed by atoms with van der Waals surface area (Å²) < 4.78 is 1.21. The second kappa shape index (κ2) is 8.41. The highest BCUT2D eigenvalue weighted by atomic mass is 32.1. The first-order chi connectivity index (χ1) is 16.1. The van der Waals surface area contributed by atoms with Gasteiger partial charge in [0, 0.05) is 24.3 Å². The minimum Gasteiger partial charge on any atom is -0.371 e. The van der Waals surface area contributed by atoms with Gasteiger partial charge in [0.05, 0.1) is 15.2 Å². The number of likely N-dealkylation sites (tertiary alicyclic amines) is 1. The highest BCUT2D eigenvalue weighted by Crippen LogP contribution is 2.37. The average Bonchev–Trinajstić information content (AvgIpc) is 3.51. The zero-order valence-electron chi connectivity index (χ0n) is 19.9. The van der Waals surface area contributed by atoms with E-state index in [1.54, 1.807) is 11.3 Å². The van der Waals surface area contributed by atoms with Crippen molar-refractivity contribution in [2.75, 3.05) is 38.1 Å². The molecule has 0 saturated carbocycles. The van der Waals surface area contributed by atoms with Gasteiger partial charge in [0.15, 0.2) is 0 Å². The molecule has 0 amide bonds. The van der Waals surface area contributed by atoms with E-state index in [0.717, 1.165) is 46.3 Å². The molecule has 0 bridgehead atoms. The van der Waals surface area contributed by atoms with Gasteiger partial charge in [-0.2, -0.15) is 0 Å². The second-order valence-corrected chi connectivity index (χ2v) is 11.2. The third-order valence-electron chi connectivity index (χ3n) is 7.80. The average molecular weight is 460 g/mol. The molecule has 2 aliphatic rings. The van der Waals surface area contributed by atoms with E-state index >= 15 is 0 Å². The zero-order valence-corrected chi connectivity index (χ0v) is 20.8. The number of thiazole rings is 1. The molecule has 2 aliphatic heterocycles. The number of aryl methyl sites for hydroxylation is 1. The Hall–Kier alpha value is -2.44. The van der Waals surface area contributed by atoms with Gasteiger partial charge in [-0.3, -0.25) is 0 Å². The number of H-pyrrole nitrogens is 1. The Morgan fingerprint density at radius 3 is 2.73 bits per heavy atom. The van der Waals surface area contributed by atoms with Crippen molar-refractivity contribution < 1.29 is 0 Å². The van der Waals surface area contributed by atoms with Gasteiger partial charge in [-0.15, -0.1) is 11.3 Å². The summed E-state index contributed by atoms with van der Waals surface area (Å²) in [6, 6.07) is 8.89. The maximum absolute atomic E-state index is 5.01. The molecule has 0 spiro atoms. The monoisotopic (exact) mass is 459 g/mol.